The zero-order valence-electron chi connectivity index (χ0n) is 12.6. The van der Waals surface area contributed by atoms with E-state index in [0.717, 1.165) is 26.1 Å². The van der Waals surface area contributed by atoms with E-state index in [2.05, 4.69) is 29.4 Å². The van der Waals surface area contributed by atoms with Gasteiger partial charge in [0.15, 0.2) is 0 Å². The highest BCUT2D eigenvalue weighted by atomic mass is 16.2. The summed E-state index contributed by atoms with van der Waals surface area (Å²) in [5.74, 6) is 0.840. The van der Waals surface area contributed by atoms with E-state index in [1.165, 1.54) is 19.3 Å². The van der Waals surface area contributed by atoms with E-state index in [0.29, 0.717) is 18.0 Å². The van der Waals surface area contributed by atoms with Gasteiger partial charge in [-0.2, -0.15) is 0 Å². The zero-order valence-corrected chi connectivity index (χ0v) is 12.6. The molecule has 1 amide bonds. The quantitative estimate of drug-likeness (QED) is 0.790. The van der Waals surface area contributed by atoms with Gasteiger partial charge in [0.1, 0.15) is 0 Å². The molecular weight excluding hydrogens is 238 g/mol. The normalized spacial score (nSPS) is 29.3. The van der Waals surface area contributed by atoms with Gasteiger partial charge in [0.2, 0.25) is 5.91 Å². The Kier molecular flexibility index (Phi) is 5.22. The van der Waals surface area contributed by atoms with Gasteiger partial charge >= 0.3 is 0 Å². The molecule has 2 saturated heterocycles. The Morgan fingerprint density at radius 2 is 2.00 bits per heavy atom. The summed E-state index contributed by atoms with van der Waals surface area (Å²) in [7, 11) is 0. The number of nitrogens with zero attached hydrogens (tertiary/aromatic N) is 1. The number of fused-ring (bicyclic) bond motifs is 2. The fourth-order valence-electron chi connectivity index (χ4n) is 3.12. The van der Waals surface area contributed by atoms with Crippen LogP contribution in [0.2, 0.25) is 0 Å². The molecule has 2 N–H and O–H groups in total. The summed E-state index contributed by atoms with van der Waals surface area (Å²) in [5, 5.41) is 6.74. The topological polar surface area (TPSA) is 44.4 Å². The summed E-state index contributed by atoms with van der Waals surface area (Å²) in [5.41, 5.74) is 0. The highest BCUT2D eigenvalue weighted by molar-refractivity contribution is 5.81. The molecule has 0 aromatic carbocycles. The van der Waals surface area contributed by atoms with Crippen molar-refractivity contribution < 1.29 is 4.79 Å². The first-order valence-electron chi connectivity index (χ1n) is 7.84. The molecule has 0 spiro atoms. The molecule has 4 heteroatoms. The average Bonchev–Trinajstić information content (AvgIpc) is 2.67. The van der Waals surface area contributed by atoms with Crippen LogP contribution >= 0.6 is 0 Å². The molecule has 2 bridgehead atoms. The second kappa shape index (κ2) is 6.71. The van der Waals surface area contributed by atoms with E-state index in [1.54, 1.807) is 0 Å². The van der Waals surface area contributed by atoms with Crippen molar-refractivity contribution in [3.05, 3.63) is 0 Å². The minimum Gasteiger partial charge on any atom is -0.355 e. The summed E-state index contributed by atoms with van der Waals surface area (Å²) in [4.78, 5) is 14.5. The summed E-state index contributed by atoms with van der Waals surface area (Å²) in [6.07, 6.45) is 4.82. The standard InChI is InChI=1S/C15H29N3O/c1-11(2)6-8-16-15(19)12(3)18-9-7-13-4-5-14(10-18)17-13/h11-14,17H,4-10H2,1-3H3,(H,16,19). The van der Waals surface area contributed by atoms with Gasteiger partial charge in [-0.1, -0.05) is 13.8 Å². The summed E-state index contributed by atoms with van der Waals surface area (Å²) in [6.45, 7) is 9.30. The van der Waals surface area contributed by atoms with E-state index in [4.69, 9.17) is 0 Å². The lowest BCUT2D eigenvalue weighted by molar-refractivity contribution is -0.126. The molecule has 0 saturated carbocycles. The number of carbonyl (C=O) groups is 1. The molecule has 0 aromatic heterocycles. The maximum Gasteiger partial charge on any atom is 0.237 e. The van der Waals surface area contributed by atoms with Gasteiger partial charge in [0, 0.05) is 31.7 Å². The molecule has 2 aliphatic rings. The van der Waals surface area contributed by atoms with Gasteiger partial charge in [0.05, 0.1) is 6.04 Å². The van der Waals surface area contributed by atoms with Crippen LogP contribution in [0.15, 0.2) is 0 Å². The summed E-state index contributed by atoms with van der Waals surface area (Å²) in [6, 6.07) is 1.29. The van der Waals surface area contributed by atoms with Crippen molar-refractivity contribution in [2.45, 2.75) is 64.6 Å². The van der Waals surface area contributed by atoms with Crippen LogP contribution in [0.1, 0.15) is 46.5 Å². The Bertz CT molecular complexity index is 306. The number of amides is 1. The fraction of sp³-hybridized carbons (Fsp3) is 0.933. The molecule has 2 fully saturated rings. The van der Waals surface area contributed by atoms with Gasteiger partial charge in [-0.05, 0) is 38.5 Å². The predicted octanol–water partition coefficient (Wildman–Crippen LogP) is 1.36. The van der Waals surface area contributed by atoms with Crippen molar-refractivity contribution >= 4 is 5.91 Å². The van der Waals surface area contributed by atoms with Crippen LogP contribution in [0.4, 0.5) is 0 Å². The second-order valence-corrected chi connectivity index (χ2v) is 6.57. The Morgan fingerprint density at radius 3 is 2.74 bits per heavy atom. The number of hydrogen-bond donors (Lipinski definition) is 2. The third-order valence-electron chi connectivity index (χ3n) is 4.50. The summed E-state index contributed by atoms with van der Waals surface area (Å²) >= 11 is 0. The van der Waals surface area contributed by atoms with Crippen LogP contribution in [-0.2, 0) is 4.79 Å². The molecule has 0 aromatic rings. The van der Waals surface area contributed by atoms with E-state index < -0.39 is 0 Å². The first kappa shape index (κ1) is 14.8. The predicted molar refractivity (Wildman–Crippen MR) is 78.1 cm³/mol. The van der Waals surface area contributed by atoms with Crippen LogP contribution in [0.5, 0.6) is 0 Å². The van der Waals surface area contributed by atoms with Gasteiger partial charge in [-0.25, -0.2) is 0 Å². The Hall–Kier alpha value is -0.610. The lowest BCUT2D eigenvalue weighted by Gasteiger charge is -2.29. The van der Waals surface area contributed by atoms with E-state index in [-0.39, 0.29) is 11.9 Å². The average molecular weight is 267 g/mol. The largest absolute Gasteiger partial charge is 0.355 e. The van der Waals surface area contributed by atoms with Crippen LogP contribution < -0.4 is 10.6 Å². The van der Waals surface area contributed by atoms with Gasteiger partial charge in [-0.15, -0.1) is 0 Å². The van der Waals surface area contributed by atoms with Crippen molar-refractivity contribution in [2.75, 3.05) is 19.6 Å². The Balaban J connectivity index is 1.78. The minimum atomic E-state index is 0.00770. The molecule has 3 atom stereocenters. The van der Waals surface area contributed by atoms with Crippen LogP contribution in [0, 0.1) is 5.92 Å². The lowest BCUT2D eigenvalue weighted by Crippen LogP contribution is -2.48. The number of nitrogens with one attached hydrogen (secondary N) is 2. The molecular formula is C15H29N3O. The third-order valence-corrected chi connectivity index (χ3v) is 4.50. The molecule has 4 nitrogen and oxygen atoms in total. The van der Waals surface area contributed by atoms with Crippen molar-refractivity contribution in [3.63, 3.8) is 0 Å². The van der Waals surface area contributed by atoms with Crippen molar-refractivity contribution in [1.29, 1.82) is 0 Å². The van der Waals surface area contributed by atoms with Crippen molar-refractivity contribution in [3.8, 4) is 0 Å². The number of likely N-dealkylation sites (tertiary alicyclic amines) is 1. The van der Waals surface area contributed by atoms with Crippen LogP contribution in [0.3, 0.4) is 0 Å². The van der Waals surface area contributed by atoms with Crippen molar-refractivity contribution in [2.24, 2.45) is 5.92 Å². The molecule has 2 aliphatic heterocycles. The number of carbonyl (C=O) groups excluding carboxylic acids is 1. The SMILES string of the molecule is CC(C)CCNC(=O)C(C)N1CCC2CCC(C1)N2. The third kappa shape index (κ3) is 4.18. The molecule has 0 aliphatic carbocycles. The number of rotatable bonds is 5. The Morgan fingerprint density at radius 1 is 1.26 bits per heavy atom. The van der Waals surface area contributed by atoms with Crippen molar-refractivity contribution in [1.82, 2.24) is 15.5 Å². The second-order valence-electron chi connectivity index (χ2n) is 6.57. The maximum atomic E-state index is 12.2. The molecule has 0 radical (unpaired) electrons. The highest BCUT2D eigenvalue weighted by Gasteiger charge is 2.32. The highest BCUT2D eigenvalue weighted by Crippen LogP contribution is 2.21. The number of hydrogen-bond acceptors (Lipinski definition) is 3. The molecule has 3 unspecified atom stereocenters. The monoisotopic (exact) mass is 267 g/mol. The maximum absolute atomic E-state index is 12.2. The molecule has 2 rings (SSSR count). The van der Waals surface area contributed by atoms with Crippen LogP contribution in [0.25, 0.3) is 0 Å². The molecule has 110 valence electrons. The van der Waals surface area contributed by atoms with E-state index in [9.17, 15) is 4.79 Å². The molecule has 19 heavy (non-hydrogen) atoms. The van der Waals surface area contributed by atoms with E-state index >= 15 is 0 Å². The minimum absolute atomic E-state index is 0.00770. The van der Waals surface area contributed by atoms with Gasteiger partial charge in [-0.3, -0.25) is 9.69 Å². The summed E-state index contributed by atoms with van der Waals surface area (Å²) < 4.78 is 0. The van der Waals surface area contributed by atoms with Gasteiger partial charge in [0.25, 0.3) is 0 Å². The van der Waals surface area contributed by atoms with E-state index in [1.807, 2.05) is 6.92 Å². The fourth-order valence-corrected chi connectivity index (χ4v) is 3.12. The lowest BCUT2D eigenvalue weighted by atomic mass is 10.1. The van der Waals surface area contributed by atoms with Gasteiger partial charge < -0.3 is 10.6 Å². The Labute approximate surface area is 117 Å². The zero-order chi connectivity index (χ0) is 13.8. The first-order chi connectivity index (χ1) is 9.06. The first-order valence-corrected chi connectivity index (χ1v) is 7.84. The van der Waals surface area contributed by atoms with Crippen LogP contribution in [-0.4, -0.2) is 48.6 Å². The molecule has 2 heterocycles. The smallest absolute Gasteiger partial charge is 0.237 e.